The van der Waals surface area contributed by atoms with Crippen molar-refractivity contribution in [3.05, 3.63) is 53.1 Å². The molecule has 0 saturated carbocycles. The van der Waals surface area contributed by atoms with Crippen LogP contribution in [0, 0.1) is 19.8 Å². The Labute approximate surface area is 209 Å². The summed E-state index contributed by atoms with van der Waals surface area (Å²) in [5, 5.41) is 9.51. The average molecular weight is 500 g/mol. The van der Waals surface area contributed by atoms with Gasteiger partial charge in [0.05, 0.1) is 21.8 Å². The van der Waals surface area contributed by atoms with Gasteiger partial charge in [-0.15, -0.1) is 0 Å². The number of nitrogens with zero attached hydrogens (tertiary/aromatic N) is 2. The van der Waals surface area contributed by atoms with Crippen LogP contribution < -0.4 is 9.62 Å². The van der Waals surface area contributed by atoms with Crippen LogP contribution in [0.2, 0.25) is 0 Å². The number of carboxylic acids is 1. The molecule has 2 fully saturated rings. The highest BCUT2D eigenvalue weighted by Gasteiger charge is 2.25. The average Bonchev–Trinajstić information content (AvgIpc) is 2.85. The first kappa shape index (κ1) is 25.5. The molecule has 2 aliphatic rings. The zero-order valence-corrected chi connectivity index (χ0v) is 21.6. The number of carbonyl (C=O) groups is 1. The van der Waals surface area contributed by atoms with Gasteiger partial charge in [-0.3, -0.25) is 4.72 Å². The van der Waals surface area contributed by atoms with Gasteiger partial charge in [0.2, 0.25) is 0 Å². The molecule has 0 bridgehead atoms. The minimum absolute atomic E-state index is 0.0591. The van der Waals surface area contributed by atoms with E-state index in [2.05, 4.69) is 14.5 Å². The lowest BCUT2D eigenvalue weighted by atomic mass is 9.92. The van der Waals surface area contributed by atoms with E-state index in [1.54, 1.807) is 31.2 Å². The van der Waals surface area contributed by atoms with E-state index in [0.29, 0.717) is 17.2 Å². The summed E-state index contributed by atoms with van der Waals surface area (Å²) in [5.74, 6) is -0.415. The number of aryl methyl sites for hydroxylation is 2. The fourth-order valence-corrected chi connectivity index (χ4v) is 6.63. The molecule has 4 rings (SSSR count). The van der Waals surface area contributed by atoms with Crippen LogP contribution >= 0.6 is 0 Å². The highest BCUT2D eigenvalue weighted by Crippen LogP contribution is 2.34. The number of likely N-dealkylation sites (tertiary alicyclic amines) is 1. The van der Waals surface area contributed by atoms with Gasteiger partial charge in [0, 0.05) is 13.1 Å². The number of carboxylic acid groups (broad SMARTS) is 1. The normalized spacial score (nSPS) is 17.9. The van der Waals surface area contributed by atoms with Crippen molar-refractivity contribution in [2.45, 2.75) is 57.3 Å². The lowest BCUT2D eigenvalue weighted by molar-refractivity contribution is 0.0697. The smallest absolute Gasteiger partial charge is 0.335 e. The van der Waals surface area contributed by atoms with E-state index < -0.39 is 16.0 Å². The number of rotatable bonds is 8. The van der Waals surface area contributed by atoms with E-state index in [-0.39, 0.29) is 10.5 Å². The highest BCUT2D eigenvalue weighted by atomic mass is 32.2. The molecule has 0 aromatic heterocycles. The number of benzene rings is 2. The van der Waals surface area contributed by atoms with Crippen molar-refractivity contribution >= 4 is 27.4 Å². The van der Waals surface area contributed by atoms with Gasteiger partial charge < -0.3 is 14.9 Å². The summed E-state index contributed by atoms with van der Waals surface area (Å²) in [6, 6.07) is 10.0. The Morgan fingerprint density at radius 1 is 1.00 bits per heavy atom. The molecule has 2 N–H and O–H groups in total. The molecular formula is C27H37N3O4S. The van der Waals surface area contributed by atoms with Gasteiger partial charge in [-0.25, -0.2) is 13.2 Å². The van der Waals surface area contributed by atoms with E-state index in [1.807, 2.05) is 13.0 Å². The molecule has 2 heterocycles. The Kier molecular flexibility index (Phi) is 8.02. The quantitative estimate of drug-likeness (QED) is 0.537. The minimum atomic E-state index is -3.88. The van der Waals surface area contributed by atoms with Crippen molar-refractivity contribution in [3.63, 3.8) is 0 Å². The van der Waals surface area contributed by atoms with Crippen molar-refractivity contribution in [2.24, 2.45) is 5.92 Å². The fraction of sp³-hybridized carbons (Fsp3) is 0.519. The van der Waals surface area contributed by atoms with Crippen LogP contribution in [0.4, 0.5) is 11.4 Å². The Morgan fingerprint density at radius 2 is 1.71 bits per heavy atom. The topological polar surface area (TPSA) is 89.9 Å². The molecule has 35 heavy (non-hydrogen) atoms. The summed E-state index contributed by atoms with van der Waals surface area (Å²) >= 11 is 0. The first-order valence-electron chi connectivity index (χ1n) is 12.7. The minimum Gasteiger partial charge on any atom is -0.478 e. The molecule has 0 unspecified atom stereocenters. The predicted molar refractivity (Wildman–Crippen MR) is 140 cm³/mol. The summed E-state index contributed by atoms with van der Waals surface area (Å²) in [6.45, 7) is 8.88. The van der Waals surface area contributed by atoms with Crippen molar-refractivity contribution in [2.75, 3.05) is 42.3 Å². The largest absolute Gasteiger partial charge is 0.478 e. The van der Waals surface area contributed by atoms with E-state index in [0.717, 1.165) is 37.2 Å². The summed E-state index contributed by atoms with van der Waals surface area (Å²) < 4.78 is 29.3. The molecule has 0 aliphatic carbocycles. The maximum atomic E-state index is 13.3. The second kappa shape index (κ2) is 11.0. The molecule has 2 aromatic carbocycles. The lowest BCUT2D eigenvalue weighted by Gasteiger charge is -2.36. The number of anilines is 2. The van der Waals surface area contributed by atoms with Crippen LogP contribution in [0.1, 0.15) is 60.0 Å². The second-order valence-electron chi connectivity index (χ2n) is 10.0. The molecule has 7 nitrogen and oxygen atoms in total. The van der Waals surface area contributed by atoms with Gasteiger partial charge in [0.1, 0.15) is 0 Å². The molecule has 8 heteroatoms. The van der Waals surface area contributed by atoms with Crippen LogP contribution in [0.25, 0.3) is 0 Å². The number of hydrogen-bond donors (Lipinski definition) is 2. The molecule has 190 valence electrons. The van der Waals surface area contributed by atoms with Crippen molar-refractivity contribution in [1.29, 1.82) is 0 Å². The molecule has 2 aromatic rings. The number of sulfonamides is 1. The van der Waals surface area contributed by atoms with Gasteiger partial charge in [-0.05, 0) is 107 Å². The van der Waals surface area contributed by atoms with Gasteiger partial charge in [0.25, 0.3) is 10.0 Å². The molecule has 2 aliphatic heterocycles. The number of nitrogens with one attached hydrogen (secondary N) is 1. The fourth-order valence-electron chi connectivity index (χ4n) is 5.23. The summed E-state index contributed by atoms with van der Waals surface area (Å²) in [4.78, 5) is 16.6. The monoisotopic (exact) mass is 499 g/mol. The van der Waals surface area contributed by atoms with Crippen LogP contribution in [-0.2, 0) is 10.0 Å². The van der Waals surface area contributed by atoms with E-state index in [4.69, 9.17) is 0 Å². The van der Waals surface area contributed by atoms with Crippen molar-refractivity contribution in [1.82, 2.24) is 4.90 Å². The van der Waals surface area contributed by atoms with E-state index in [9.17, 15) is 18.3 Å². The van der Waals surface area contributed by atoms with Crippen LogP contribution in [0.15, 0.2) is 41.3 Å². The second-order valence-corrected chi connectivity index (χ2v) is 11.7. The van der Waals surface area contributed by atoms with Gasteiger partial charge in [-0.1, -0.05) is 18.6 Å². The van der Waals surface area contributed by atoms with Crippen LogP contribution in [0.3, 0.4) is 0 Å². The Bertz CT molecular complexity index is 1150. The van der Waals surface area contributed by atoms with E-state index >= 15 is 0 Å². The molecule has 0 atom stereocenters. The van der Waals surface area contributed by atoms with Crippen molar-refractivity contribution in [3.8, 4) is 0 Å². The number of piperidine rings is 2. The van der Waals surface area contributed by atoms with Gasteiger partial charge in [-0.2, -0.15) is 0 Å². The molecule has 2 saturated heterocycles. The third-order valence-corrected chi connectivity index (χ3v) is 8.89. The first-order chi connectivity index (χ1) is 16.7. The SMILES string of the molecule is Cc1ccc(C)c(S(=O)(=O)Nc2cc(C(=O)O)ccc2N2CCC(CCN3CCCCC3)CC2)c1. The number of aromatic carboxylic acids is 1. The zero-order valence-electron chi connectivity index (χ0n) is 20.8. The highest BCUT2D eigenvalue weighted by molar-refractivity contribution is 7.92. The Hall–Kier alpha value is -2.58. The molecule has 0 radical (unpaired) electrons. The zero-order chi connectivity index (χ0) is 25.0. The third kappa shape index (κ3) is 6.35. The van der Waals surface area contributed by atoms with Gasteiger partial charge in [0.15, 0.2) is 0 Å². The maximum Gasteiger partial charge on any atom is 0.335 e. The first-order valence-corrected chi connectivity index (χ1v) is 14.2. The molecule has 0 spiro atoms. The Morgan fingerprint density at radius 3 is 2.40 bits per heavy atom. The van der Waals surface area contributed by atoms with E-state index in [1.165, 1.54) is 51.4 Å². The summed E-state index contributed by atoms with van der Waals surface area (Å²) in [6.07, 6.45) is 7.29. The third-order valence-electron chi connectivity index (χ3n) is 7.38. The lowest BCUT2D eigenvalue weighted by Crippen LogP contribution is -2.36. The van der Waals surface area contributed by atoms with Crippen LogP contribution in [-0.4, -0.2) is 57.1 Å². The predicted octanol–water partition coefficient (Wildman–Crippen LogP) is 4.89. The molecular weight excluding hydrogens is 462 g/mol. The standard InChI is InChI=1S/C27H37N3O4S/c1-20-6-7-21(2)26(18-20)35(33,34)28-24-19-23(27(31)32)8-9-25(24)30-16-11-22(12-17-30)10-15-29-13-4-3-5-14-29/h6-9,18-19,22,28H,3-5,10-17H2,1-2H3,(H,31,32). The maximum absolute atomic E-state index is 13.3. The molecule has 0 amide bonds. The van der Waals surface area contributed by atoms with Crippen LogP contribution in [0.5, 0.6) is 0 Å². The summed E-state index contributed by atoms with van der Waals surface area (Å²) in [5.41, 5.74) is 2.61. The Balaban J connectivity index is 1.49. The van der Waals surface area contributed by atoms with Gasteiger partial charge >= 0.3 is 5.97 Å². The number of hydrogen-bond acceptors (Lipinski definition) is 5. The summed E-state index contributed by atoms with van der Waals surface area (Å²) in [7, 11) is -3.88. The van der Waals surface area contributed by atoms with Crippen molar-refractivity contribution < 1.29 is 18.3 Å².